The number of nitrogens with zero attached hydrogens (tertiary/aromatic N) is 5. The summed E-state index contributed by atoms with van der Waals surface area (Å²) in [5.41, 5.74) is 1.03. The lowest BCUT2D eigenvalue weighted by molar-refractivity contribution is 0.517. The number of aryl methyl sites for hydroxylation is 2. The van der Waals surface area contributed by atoms with Gasteiger partial charge in [-0.2, -0.15) is 0 Å². The van der Waals surface area contributed by atoms with Crippen LogP contribution in [0.2, 0.25) is 0 Å². The van der Waals surface area contributed by atoms with Crippen molar-refractivity contribution in [3.8, 4) is 16.8 Å². The molecule has 1 aliphatic heterocycles. The SMILES string of the molecule is Cc1nnc2n1-c1c(cc(F)c(-c3ccnc4c3ccn4C)c1F)NC2(C)C. The minimum absolute atomic E-state index is 0.0853. The van der Waals surface area contributed by atoms with E-state index in [1.165, 1.54) is 6.07 Å². The number of rotatable bonds is 1. The maximum Gasteiger partial charge on any atom is 0.162 e. The van der Waals surface area contributed by atoms with Crippen molar-refractivity contribution in [3.05, 3.63) is 53.9 Å². The molecule has 0 atom stereocenters. The van der Waals surface area contributed by atoms with Crippen molar-refractivity contribution in [2.45, 2.75) is 26.3 Å². The van der Waals surface area contributed by atoms with E-state index in [2.05, 4.69) is 20.5 Å². The van der Waals surface area contributed by atoms with Gasteiger partial charge in [-0.25, -0.2) is 13.8 Å². The molecule has 4 heterocycles. The van der Waals surface area contributed by atoms with Crippen molar-refractivity contribution in [1.82, 2.24) is 24.3 Å². The molecular weight excluding hydrogens is 362 g/mol. The van der Waals surface area contributed by atoms with Gasteiger partial charge in [-0.15, -0.1) is 10.2 Å². The number of fused-ring (bicyclic) bond motifs is 4. The van der Waals surface area contributed by atoms with Crippen LogP contribution >= 0.6 is 0 Å². The van der Waals surface area contributed by atoms with Gasteiger partial charge in [0.2, 0.25) is 0 Å². The second kappa shape index (κ2) is 5.37. The average molecular weight is 380 g/mol. The van der Waals surface area contributed by atoms with E-state index >= 15 is 8.78 Å². The topological polar surface area (TPSA) is 60.6 Å². The summed E-state index contributed by atoms with van der Waals surface area (Å²) < 4.78 is 34.5. The lowest BCUT2D eigenvalue weighted by atomic mass is 9.96. The Labute approximate surface area is 159 Å². The molecule has 1 N–H and O–H groups in total. The molecule has 0 aliphatic carbocycles. The summed E-state index contributed by atoms with van der Waals surface area (Å²) in [6.45, 7) is 5.55. The molecule has 8 heteroatoms. The molecule has 3 aromatic heterocycles. The molecule has 28 heavy (non-hydrogen) atoms. The summed E-state index contributed by atoms with van der Waals surface area (Å²) in [6, 6.07) is 4.79. The summed E-state index contributed by atoms with van der Waals surface area (Å²) in [5.74, 6) is -0.168. The summed E-state index contributed by atoms with van der Waals surface area (Å²) in [4.78, 5) is 4.32. The van der Waals surface area contributed by atoms with Gasteiger partial charge in [-0.05, 0) is 32.9 Å². The van der Waals surface area contributed by atoms with Crippen LogP contribution in [0.5, 0.6) is 0 Å². The number of aromatic nitrogens is 5. The van der Waals surface area contributed by atoms with Gasteiger partial charge in [0.25, 0.3) is 0 Å². The quantitative estimate of drug-likeness (QED) is 0.541. The Hall–Kier alpha value is -3.29. The minimum atomic E-state index is -0.654. The zero-order valence-corrected chi connectivity index (χ0v) is 15.9. The van der Waals surface area contributed by atoms with E-state index in [9.17, 15) is 0 Å². The highest BCUT2D eigenvalue weighted by Gasteiger charge is 2.37. The molecule has 1 aromatic carbocycles. The van der Waals surface area contributed by atoms with Crippen molar-refractivity contribution in [2.75, 3.05) is 5.32 Å². The molecule has 0 bridgehead atoms. The lowest BCUT2D eigenvalue weighted by Gasteiger charge is -2.34. The number of pyridine rings is 1. The fraction of sp³-hybridized carbons (Fsp3) is 0.250. The molecule has 4 aromatic rings. The van der Waals surface area contributed by atoms with Crippen LogP contribution in [0.4, 0.5) is 14.5 Å². The van der Waals surface area contributed by atoms with E-state index in [0.29, 0.717) is 33.9 Å². The zero-order valence-electron chi connectivity index (χ0n) is 15.9. The van der Waals surface area contributed by atoms with Gasteiger partial charge in [0.1, 0.15) is 23.0 Å². The van der Waals surface area contributed by atoms with E-state index in [-0.39, 0.29) is 11.3 Å². The first kappa shape index (κ1) is 16.9. The average Bonchev–Trinajstić information content (AvgIpc) is 3.19. The Balaban J connectivity index is 1.86. The first-order valence-corrected chi connectivity index (χ1v) is 8.93. The highest BCUT2D eigenvalue weighted by molar-refractivity contribution is 5.94. The van der Waals surface area contributed by atoms with Crippen LogP contribution < -0.4 is 5.32 Å². The van der Waals surface area contributed by atoms with Crippen LogP contribution in [0.1, 0.15) is 25.5 Å². The number of hydrogen-bond acceptors (Lipinski definition) is 4. The predicted octanol–water partition coefficient (Wildman–Crippen LogP) is 4.07. The van der Waals surface area contributed by atoms with Crippen LogP contribution in [0.3, 0.4) is 0 Å². The summed E-state index contributed by atoms with van der Waals surface area (Å²) >= 11 is 0. The molecule has 0 amide bonds. The van der Waals surface area contributed by atoms with Crippen LogP contribution in [-0.2, 0) is 12.6 Å². The van der Waals surface area contributed by atoms with Crippen LogP contribution in [0, 0.1) is 18.6 Å². The Morgan fingerprint density at radius 1 is 1.14 bits per heavy atom. The molecule has 0 unspecified atom stereocenters. The third kappa shape index (κ3) is 2.08. The predicted molar refractivity (Wildman–Crippen MR) is 102 cm³/mol. The van der Waals surface area contributed by atoms with Gasteiger partial charge >= 0.3 is 0 Å². The smallest absolute Gasteiger partial charge is 0.162 e. The van der Waals surface area contributed by atoms with Crippen molar-refractivity contribution >= 4 is 16.7 Å². The van der Waals surface area contributed by atoms with Crippen molar-refractivity contribution in [1.29, 1.82) is 0 Å². The second-order valence-corrected chi connectivity index (χ2v) is 7.62. The number of nitrogens with one attached hydrogen (secondary N) is 1. The monoisotopic (exact) mass is 380 g/mol. The maximum absolute atomic E-state index is 15.8. The Kier molecular flexibility index (Phi) is 3.23. The molecule has 1 aliphatic rings. The number of anilines is 1. The fourth-order valence-electron chi connectivity index (χ4n) is 3.98. The third-order valence-corrected chi connectivity index (χ3v) is 5.28. The second-order valence-electron chi connectivity index (χ2n) is 7.62. The van der Waals surface area contributed by atoms with Gasteiger partial charge in [-0.3, -0.25) is 4.57 Å². The zero-order chi connectivity index (χ0) is 19.8. The van der Waals surface area contributed by atoms with Gasteiger partial charge in [0, 0.05) is 36.5 Å². The van der Waals surface area contributed by atoms with E-state index < -0.39 is 17.2 Å². The molecule has 5 rings (SSSR count). The van der Waals surface area contributed by atoms with Gasteiger partial charge < -0.3 is 9.88 Å². The van der Waals surface area contributed by atoms with Gasteiger partial charge in [0.15, 0.2) is 11.6 Å². The third-order valence-electron chi connectivity index (χ3n) is 5.28. The first-order valence-electron chi connectivity index (χ1n) is 8.93. The summed E-state index contributed by atoms with van der Waals surface area (Å²) in [7, 11) is 1.84. The van der Waals surface area contributed by atoms with Gasteiger partial charge in [-0.1, -0.05) is 0 Å². The molecule has 0 spiro atoms. The molecule has 6 nitrogen and oxygen atoms in total. The number of benzene rings is 1. The molecule has 0 saturated heterocycles. The first-order chi connectivity index (χ1) is 13.3. The van der Waals surface area contributed by atoms with Crippen molar-refractivity contribution in [2.24, 2.45) is 7.05 Å². The minimum Gasteiger partial charge on any atom is -0.371 e. The van der Waals surface area contributed by atoms with Crippen LogP contribution in [-0.4, -0.2) is 24.3 Å². The Morgan fingerprint density at radius 3 is 2.71 bits per heavy atom. The van der Waals surface area contributed by atoms with Crippen molar-refractivity contribution in [3.63, 3.8) is 0 Å². The molecule has 0 radical (unpaired) electrons. The summed E-state index contributed by atoms with van der Waals surface area (Å²) in [5, 5.41) is 12.2. The molecule has 0 saturated carbocycles. The van der Waals surface area contributed by atoms with Crippen molar-refractivity contribution < 1.29 is 8.78 Å². The van der Waals surface area contributed by atoms with E-state index in [0.717, 1.165) is 0 Å². The largest absolute Gasteiger partial charge is 0.371 e. The molecule has 142 valence electrons. The van der Waals surface area contributed by atoms with Gasteiger partial charge in [0.05, 0.1) is 16.8 Å². The highest BCUT2D eigenvalue weighted by Crippen LogP contribution is 2.43. The Morgan fingerprint density at radius 2 is 1.93 bits per heavy atom. The van der Waals surface area contributed by atoms with E-state index in [4.69, 9.17) is 0 Å². The van der Waals surface area contributed by atoms with E-state index in [1.807, 2.05) is 37.7 Å². The highest BCUT2D eigenvalue weighted by atomic mass is 19.1. The summed E-state index contributed by atoms with van der Waals surface area (Å²) in [6.07, 6.45) is 3.38. The fourth-order valence-corrected chi connectivity index (χ4v) is 3.98. The van der Waals surface area contributed by atoms with E-state index in [1.54, 1.807) is 23.8 Å². The van der Waals surface area contributed by atoms with Crippen LogP contribution in [0.15, 0.2) is 30.6 Å². The normalized spacial score (nSPS) is 14.6. The number of halogens is 2. The standard InChI is InChI=1S/C20H18F2N6/c1-10-25-26-19-20(2,3)24-14-9-13(21)15(16(22)17(14)28(10)19)11-5-7-23-18-12(11)6-8-27(18)4/h5-9,24H,1-4H3. The maximum atomic E-state index is 15.8. The lowest BCUT2D eigenvalue weighted by Crippen LogP contribution is -2.36. The molecular formula is C20H18F2N6. The Bertz CT molecular complexity index is 1270. The number of hydrogen-bond donors (Lipinski definition) is 1. The van der Waals surface area contributed by atoms with Crippen LogP contribution in [0.25, 0.3) is 27.8 Å². The molecule has 0 fully saturated rings.